The van der Waals surface area contributed by atoms with Crippen LogP contribution in [0.3, 0.4) is 0 Å². The molecule has 0 atom stereocenters. The summed E-state index contributed by atoms with van der Waals surface area (Å²) in [5, 5.41) is 1.74. The van der Waals surface area contributed by atoms with Crippen LogP contribution in [0.4, 0.5) is 0 Å². The molecule has 11 heavy (non-hydrogen) atoms. The molecule has 0 saturated heterocycles. The summed E-state index contributed by atoms with van der Waals surface area (Å²) in [5.74, 6) is 0. The van der Waals surface area contributed by atoms with Crippen molar-refractivity contribution in [3.05, 3.63) is 39.2 Å². The molecule has 0 nitrogen and oxygen atoms in total. The molecule has 1 radical (unpaired) electrons. The second-order valence-corrected chi connectivity index (χ2v) is 3.32. The molecule has 1 aromatic carbocycles. The van der Waals surface area contributed by atoms with Gasteiger partial charge in [-0.25, -0.2) is 0 Å². The molecule has 0 aromatic heterocycles. The van der Waals surface area contributed by atoms with Gasteiger partial charge in [0.1, 0.15) is 0 Å². The molecule has 0 aliphatic rings. The molecule has 0 saturated carbocycles. The minimum Gasteiger partial charge on any atom is -0.0842 e. The number of benzene rings is 1. The minimum atomic E-state index is 0.561. The van der Waals surface area contributed by atoms with Crippen LogP contribution in [0.15, 0.2) is 12.1 Å². The van der Waals surface area contributed by atoms with E-state index >= 15 is 0 Å². The average molecular weight is 208 g/mol. The van der Waals surface area contributed by atoms with E-state index in [0.29, 0.717) is 15.1 Å². The lowest BCUT2D eigenvalue weighted by molar-refractivity contribution is 1.42. The van der Waals surface area contributed by atoms with E-state index in [-0.39, 0.29) is 0 Å². The summed E-state index contributed by atoms with van der Waals surface area (Å²) in [6, 6.07) is 3.34. The fourth-order valence-corrected chi connectivity index (χ4v) is 1.86. The van der Waals surface area contributed by atoms with Gasteiger partial charge in [0.25, 0.3) is 0 Å². The first-order valence-corrected chi connectivity index (χ1v) is 4.22. The molecule has 0 fully saturated rings. The molecule has 0 aliphatic heterocycles. The fourth-order valence-electron chi connectivity index (χ4n) is 0.829. The lowest BCUT2D eigenvalue weighted by Crippen LogP contribution is -1.81. The van der Waals surface area contributed by atoms with Crippen LogP contribution < -0.4 is 0 Å². The lowest BCUT2D eigenvalue weighted by atomic mass is 10.2. The van der Waals surface area contributed by atoms with E-state index in [9.17, 15) is 0 Å². The van der Waals surface area contributed by atoms with Crippen LogP contribution in [0.2, 0.25) is 15.1 Å². The molecule has 0 spiro atoms. The van der Waals surface area contributed by atoms with Crippen molar-refractivity contribution in [2.24, 2.45) is 0 Å². The Morgan fingerprint density at radius 1 is 1.09 bits per heavy atom. The summed E-state index contributed by atoms with van der Waals surface area (Å²) in [7, 11) is 0. The molecule has 1 aromatic rings. The molecule has 59 valence electrons. The fraction of sp³-hybridized carbons (Fsp3) is 0.125. The van der Waals surface area contributed by atoms with Crippen LogP contribution in [0.1, 0.15) is 12.5 Å². The maximum absolute atomic E-state index is 5.83. The van der Waals surface area contributed by atoms with Crippen LogP contribution in [-0.4, -0.2) is 0 Å². The highest BCUT2D eigenvalue weighted by Gasteiger charge is 2.04. The number of hydrogen-bond donors (Lipinski definition) is 0. The van der Waals surface area contributed by atoms with Gasteiger partial charge in [-0.05, 0) is 24.1 Å². The van der Waals surface area contributed by atoms with Crippen molar-refractivity contribution >= 4 is 34.8 Å². The van der Waals surface area contributed by atoms with Crippen molar-refractivity contribution in [3.63, 3.8) is 0 Å². The highest BCUT2D eigenvalue weighted by molar-refractivity contribution is 6.39. The summed E-state index contributed by atoms with van der Waals surface area (Å²) >= 11 is 17.4. The van der Waals surface area contributed by atoms with Gasteiger partial charge in [-0.15, -0.1) is 0 Å². The van der Waals surface area contributed by atoms with Crippen molar-refractivity contribution in [1.29, 1.82) is 0 Å². The minimum absolute atomic E-state index is 0.561. The summed E-state index contributed by atoms with van der Waals surface area (Å²) in [5.41, 5.74) is 0.831. The van der Waals surface area contributed by atoms with Gasteiger partial charge in [0.05, 0.1) is 0 Å². The highest BCUT2D eigenvalue weighted by atomic mass is 35.5. The van der Waals surface area contributed by atoms with Gasteiger partial charge in [-0.2, -0.15) is 0 Å². The zero-order valence-electron chi connectivity index (χ0n) is 5.87. The Bertz CT molecular complexity index is 245. The van der Waals surface area contributed by atoms with Gasteiger partial charge in [0.2, 0.25) is 0 Å². The topological polar surface area (TPSA) is 0 Å². The SMILES string of the molecule is C[CH]c1c(Cl)cc(Cl)cc1Cl. The van der Waals surface area contributed by atoms with E-state index in [1.54, 1.807) is 12.1 Å². The van der Waals surface area contributed by atoms with Crippen molar-refractivity contribution in [3.8, 4) is 0 Å². The van der Waals surface area contributed by atoms with Gasteiger partial charge in [-0.1, -0.05) is 41.7 Å². The van der Waals surface area contributed by atoms with Gasteiger partial charge >= 0.3 is 0 Å². The third kappa shape index (κ3) is 2.02. The summed E-state index contributed by atoms with van der Waals surface area (Å²) in [6.45, 7) is 1.88. The first-order valence-electron chi connectivity index (χ1n) is 3.09. The van der Waals surface area contributed by atoms with E-state index in [1.807, 2.05) is 13.3 Å². The molecule has 0 unspecified atom stereocenters. The van der Waals surface area contributed by atoms with Gasteiger partial charge in [-0.3, -0.25) is 0 Å². The maximum Gasteiger partial charge on any atom is 0.0470 e. The molecule has 0 heterocycles. The van der Waals surface area contributed by atoms with Crippen molar-refractivity contribution in [2.75, 3.05) is 0 Å². The van der Waals surface area contributed by atoms with Gasteiger partial charge < -0.3 is 0 Å². The van der Waals surface area contributed by atoms with E-state index in [2.05, 4.69) is 0 Å². The van der Waals surface area contributed by atoms with Crippen LogP contribution in [0.5, 0.6) is 0 Å². The second-order valence-electron chi connectivity index (χ2n) is 2.07. The Labute approximate surface area is 81.1 Å². The first-order chi connectivity index (χ1) is 5.15. The quantitative estimate of drug-likeness (QED) is 0.648. The summed E-state index contributed by atoms with van der Waals surface area (Å²) in [4.78, 5) is 0. The normalized spacial score (nSPS) is 10.2. The van der Waals surface area contributed by atoms with Crippen LogP contribution >= 0.6 is 34.8 Å². The number of halogens is 3. The smallest absolute Gasteiger partial charge is 0.0470 e. The Morgan fingerprint density at radius 3 is 1.91 bits per heavy atom. The molecular formula is C8H6Cl3. The van der Waals surface area contributed by atoms with E-state index < -0.39 is 0 Å². The molecule has 1 rings (SSSR count). The zero-order valence-corrected chi connectivity index (χ0v) is 8.13. The van der Waals surface area contributed by atoms with Crippen molar-refractivity contribution < 1.29 is 0 Å². The summed E-state index contributed by atoms with van der Waals surface area (Å²) < 4.78 is 0. The Hall–Kier alpha value is 0.0900. The Balaban J connectivity index is 3.25. The zero-order chi connectivity index (χ0) is 8.43. The molecule has 3 heteroatoms. The van der Waals surface area contributed by atoms with Crippen LogP contribution in [0, 0.1) is 6.42 Å². The maximum atomic E-state index is 5.83. The van der Waals surface area contributed by atoms with E-state index in [4.69, 9.17) is 34.8 Å². The predicted molar refractivity (Wildman–Crippen MR) is 50.5 cm³/mol. The molecule has 0 amide bonds. The standard InChI is InChI=1S/C8H6Cl3/c1-2-6-7(10)3-5(9)4-8(6)11/h2-4H,1H3. The third-order valence-corrected chi connectivity index (χ3v) is 2.18. The number of hydrogen-bond acceptors (Lipinski definition) is 0. The van der Waals surface area contributed by atoms with Crippen LogP contribution in [-0.2, 0) is 0 Å². The molecule has 0 N–H and O–H groups in total. The van der Waals surface area contributed by atoms with E-state index in [0.717, 1.165) is 5.56 Å². The molecule has 0 bridgehead atoms. The molecule has 0 aliphatic carbocycles. The third-order valence-electron chi connectivity index (χ3n) is 1.33. The van der Waals surface area contributed by atoms with Gasteiger partial charge in [0, 0.05) is 15.1 Å². The largest absolute Gasteiger partial charge is 0.0842 e. The average Bonchev–Trinajstić information content (AvgIpc) is 1.85. The van der Waals surface area contributed by atoms with Gasteiger partial charge in [0.15, 0.2) is 0 Å². The van der Waals surface area contributed by atoms with Crippen molar-refractivity contribution in [2.45, 2.75) is 6.92 Å². The van der Waals surface area contributed by atoms with Crippen molar-refractivity contribution in [1.82, 2.24) is 0 Å². The monoisotopic (exact) mass is 207 g/mol. The van der Waals surface area contributed by atoms with Crippen LogP contribution in [0.25, 0.3) is 0 Å². The second kappa shape index (κ2) is 3.66. The summed E-state index contributed by atoms with van der Waals surface area (Å²) in [6.07, 6.45) is 1.85. The predicted octanol–water partition coefficient (Wildman–Crippen LogP) is 4.22. The van der Waals surface area contributed by atoms with E-state index in [1.165, 1.54) is 0 Å². The lowest BCUT2D eigenvalue weighted by Gasteiger charge is -2.03. The highest BCUT2D eigenvalue weighted by Crippen LogP contribution is 2.29. The Kier molecular flexibility index (Phi) is 3.06. The Morgan fingerprint density at radius 2 is 1.55 bits per heavy atom. The first kappa shape index (κ1) is 9.18. The molecular weight excluding hydrogens is 202 g/mol. The number of rotatable bonds is 1.